The number of hydrogen-bond acceptors (Lipinski definition) is 6. The van der Waals surface area contributed by atoms with Gasteiger partial charge >= 0.3 is 12.1 Å². The lowest BCUT2D eigenvalue weighted by Crippen LogP contribution is -2.39. The van der Waals surface area contributed by atoms with Gasteiger partial charge < -0.3 is 9.47 Å². The molecule has 0 bridgehead atoms. The summed E-state index contributed by atoms with van der Waals surface area (Å²) in [7, 11) is 0. The summed E-state index contributed by atoms with van der Waals surface area (Å²) >= 11 is 0. The van der Waals surface area contributed by atoms with Crippen molar-refractivity contribution >= 4 is 17.7 Å². The molecule has 1 aromatic rings. The standard InChI is InChI=1S/C17H20N2O6/c1-5-10-18(11-15(20)25-17(2,3)4)16(21)24-12-13-6-8-14(9-7-13)19(22)23/h1,6-9H,10-12H2,2-4H3. The van der Waals surface area contributed by atoms with Crippen LogP contribution in [0.1, 0.15) is 26.3 Å². The van der Waals surface area contributed by atoms with Crippen LogP contribution in [0.3, 0.4) is 0 Å². The minimum absolute atomic E-state index is 0.0611. The summed E-state index contributed by atoms with van der Waals surface area (Å²) in [5, 5.41) is 10.6. The van der Waals surface area contributed by atoms with E-state index in [0.717, 1.165) is 4.90 Å². The van der Waals surface area contributed by atoms with Gasteiger partial charge in [0.15, 0.2) is 0 Å². The zero-order valence-corrected chi connectivity index (χ0v) is 14.4. The summed E-state index contributed by atoms with van der Waals surface area (Å²) in [5.74, 6) is 1.68. The average Bonchev–Trinajstić information content (AvgIpc) is 2.50. The van der Waals surface area contributed by atoms with Crippen molar-refractivity contribution in [3.05, 3.63) is 39.9 Å². The van der Waals surface area contributed by atoms with Crippen molar-refractivity contribution in [2.75, 3.05) is 13.1 Å². The van der Waals surface area contributed by atoms with Crippen LogP contribution >= 0.6 is 0 Å². The Kier molecular flexibility index (Phi) is 6.93. The van der Waals surface area contributed by atoms with Crippen molar-refractivity contribution in [3.8, 4) is 12.3 Å². The van der Waals surface area contributed by atoms with E-state index >= 15 is 0 Å². The van der Waals surface area contributed by atoms with Crippen molar-refractivity contribution in [1.82, 2.24) is 4.90 Å². The van der Waals surface area contributed by atoms with E-state index in [2.05, 4.69) is 5.92 Å². The number of nitrogens with zero attached hydrogens (tertiary/aromatic N) is 2. The number of esters is 1. The summed E-state index contributed by atoms with van der Waals surface area (Å²) in [5.41, 5.74) is -0.174. The molecule has 1 amide bonds. The van der Waals surface area contributed by atoms with Gasteiger partial charge in [0.1, 0.15) is 18.8 Å². The molecule has 8 nitrogen and oxygen atoms in total. The van der Waals surface area contributed by atoms with Crippen LogP contribution in [0.5, 0.6) is 0 Å². The SMILES string of the molecule is C#CCN(CC(=O)OC(C)(C)C)C(=O)OCc1ccc([N+](=O)[O-])cc1. The van der Waals surface area contributed by atoms with Crippen molar-refractivity contribution in [2.24, 2.45) is 0 Å². The fourth-order valence-corrected chi connectivity index (χ4v) is 1.78. The molecule has 0 aliphatic rings. The highest BCUT2D eigenvalue weighted by Crippen LogP contribution is 2.13. The largest absolute Gasteiger partial charge is 0.459 e. The van der Waals surface area contributed by atoms with Gasteiger partial charge in [0.05, 0.1) is 11.5 Å². The van der Waals surface area contributed by atoms with E-state index < -0.39 is 22.6 Å². The van der Waals surface area contributed by atoms with Gasteiger partial charge in [-0.3, -0.25) is 19.8 Å². The minimum Gasteiger partial charge on any atom is -0.459 e. The monoisotopic (exact) mass is 348 g/mol. The van der Waals surface area contributed by atoms with Crippen LogP contribution in [-0.2, 0) is 20.9 Å². The van der Waals surface area contributed by atoms with Gasteiger partial charge in [0.25, 0.3) is 5.69 Å². The summed E-state index contributed by atoms with van der Waals surface area (Å²) < 4.78 is 10.2. The Labute approximate surface area is 145 Å². The number of benzene rings is 1. The summed E-state index contributed by atoms with van der Waals surface area (Å²) in [6.07, 6.45) is 4.43. The molecule has 0 atom stereocenters. The van der Waals surface area contributed by atoms with E-state index in [1.54, 1.807) is 20.8 Å². The Morgan fingerprint density at radius 1 is 1.28 bits per heavy atom. The van der Waals surface area contributed by atoms with Gasteiger partial charge in [0, 0.05) is 12.1 Å². The van der Waals surface area contributed by atoms with Gasteiger partial charge in [-0.15, -0.1) is 6.42 Å². The zero-order valence-electron chi connectivity index (χ0n) is 14.4. The van der Waals surface area contributed by atoms with E-state index in [4.69, 9.17) is 15.9 Å². The highest BCUT2D eigenvalue weighted by atomic mass is 16.6. The van der Waals surface area contributed by atoms with Crippen molar-refractivity contribution in [3.63, 3.8) is 0 Å². The Balaban J connectivity index is 2.62. The lowest BCUT2D eigenvalue weighted by atomic mass is 10.2. The van der Waals surface area contributed by atoms with Crippen LogP contribution in [0.15, 0.2) is 24.3 Å². The number of terminal acetylenes is 1. The van der Waals surface area contributed by atoms with E-state index in [9.17, 15) is 19.7 Å². The number of amides is 1. The summed E-state index contributed by atoms with van der Waals surface area (Å²) in [6.45, 7) is 4.58. The first kappa shape index (κ1) is 20.0. The maximum absolute atomic E-state index is 12.1. The van der Waals surface area contributed by atoms with E-state index in [0.29, 0.717) is 5.56 Å². The molecule has 8 heteroatoms. The number of rotatable bonds is 6. The maximum atomic E-state index is 12.1. The van der Waals surface area contributed by atoms with Gasteiger partial charge in [0.2, 0.25) is 0 Å². The van der Waals surface area contributed by atoms with E-state index in [1.165, 1.54) is 24.3 Å². The van der Waals surface area contributed by atoms with Crippen molar-refractivity contribution in [1.29, 1.82) is 0 Å². The molecular weight excluding hydrogens is 328 g/mol. The molecule has 0 aromatic heterocycles. The molecule has 0 unspecified atom stereocenters. The zero-order chi connectivity index (χ0) is 19.0. The fourth-order valence-electron chi connectivity index (χ4n) is 1.78. The van der Waals surface area contributed by atoms with Crippen LogP contribution in [-0.4, -0.2) is 40.6 Å². The predicted octanol–water partition coefficient (Wildman–Crippen LogP) is 2.51. The Morgan fingerprint density at radius 2 is 1.88 bits per heavy atom. The highest BCUT2D eigenvalue weighted by molar-refractivity contribution is 5.78. The highest BCUT2D eigenvalue weighted by Gasteiger charge is 2.22. The molecule has 134 valence electrons. The van der Waals surface area contributed by atoms with E-state index in [1.807, 2.05) is 0 Å². The predicted molar refractivity (Wildman–Crippen MR) is 89.5 cm³/mol. The molecule has 25 heavy (non-hydrogen) atoms. The number of non-ortho nitro benzene ring substituents is 1. The maximum Gasteiger partial charge on any atom is 0.411 e. The molecular formula is C17H20N2O6. The number of nitro groups is 1. The number of ether oxygens (including phenoxy) is 2. The van der Waals surface area contributed by atoms with Gasteiger partial charge in [-0.1, -0.05) is 5.92 Å². The first-order chi connectivity index (χ1) is 11.6. The second-order valence-electron chi connectivity index (χ2n) is 6.12. The second-order valence-corrected chi connectivity index (χ2v) is 6.12. The number of carbonyl (C=O) groups is 2. The summed E-state index contributed by atoms with van der Waals surface area (Å²) in [6, 6.07) is 5.57. The second kappa shape index (κ2) is 8.68. The van der Waals surface area contributed by atoms with Gasteiger partial charge in [-0.05, 0) is 38.5 Å². The Bertz CT molecular complexity index is 670. The Morgan fingerprint density at radius 3 is 2.36 bits per heavy atom. The molecule has 0 saturated heterocycles. The summed E-state index contributed by atoms with van der Waals surface area (Å²) in [4.78, 5) is 35.0. The topological polar surface area (TPSA) is 99.0 Å². The third-order valence-corrected chi connectivity index (χ3v) is 2.79. The smallest absolute Gasteiger partial charge is 0.411 e. The van der Waals surface area contributed by atoms with Crippen LogP contribution in [0.2, 0.25) is 0 Å². The lowest BCUT2D eigenvalue weighted by Gasteiger charge is -2.23. The quantitative estimate of drug-likeness (QED) is 0.339. The molecule has 1 rings (SSSR count). The Hall–Kier alpha value is -3.08. The number of carbonyl (C=O) groups excluding carboxylic acids is 2. The van der Waals surface area contributed by atoms with Crippen LogP contribution < -0.4 is 0 Å². The number of nitro benzene ring substituents is 1. The van der Waals surface area contributed by atoms with Crippen molar-refractivity contribution < 1.29 is 24.0 Å². The molecule has 0 aliphatic heterocycles. The average molecular weight is 348 g/mol. The van der Waals surface area contributed by atoms with E-state index in [-0.39, 0.29) is 25.4 Å². The molecule has 0 aliphatic carbocycles. The first-order valence-electron chi connectivity index (χ1n) is 7.42. The number of hydrogen-bond donors (Lipinski definition) is 0. The van der Waals surface area contributed by atoms with Crippen LogP contribution in [0.25, 0.3) is 0 Å². The molecule has 0 radical (unpaired) electrons. The molecule has 0 spiro atoms. The first-order valence-corrected chi connectivity index (χ1v) is 7.42. The van der Waals surface area contributed by atoms with Crippen LogP contribution in [0.4, 0.5) is 10.5 Å². The minimum atomic E-state index is -0.776. The van der Waals surface area contributed by atoms with Crippen LogP contribution in [0, 0.1) is 22.5 Å². The lowest BCUT2D eigenvalue weighted by molar-refractivity contribution is -0.384. The molecule has 0 N–H and O–H groups in total. The third-order valence-electron chi connectivity index (χ3n) is 2.79. The van der Waals surface area contributed by atoms with Gasteiger partial charge in [-0.25, -0.2) is 4.79 Å². The third kappa shape index (κ3) is 7.35. The van der Waals surface area contributed by atoms with Gasteiger partial charge in [-0.2, -0.15) is 0 Å². The molecule has 0 saturated carbocycles. The fraction of sp³-hybridized carbons (Fsp3) is 0.412. The molecule has 1 aromatic carbocycles. The molecule has 0 fully saturated rings. The van der Waals surface area contributed by atoms with Crippen molar-refractivity contribution in [2.45, 2.75) is 33.0 Å². The molecule has 0 heterocycles. The normalized spacial score (nSPS) is 10.5.